The number of anilines is 5. The van der Waals surface area contributed by atoms with Crippen molar-refractivity contribution < 1.29 is 27.6 Å². The first kappa shape index (κ1) is 54.8. The molecule has 3 aliphatic heterocycles. The SMILES string of the molecule is CC1(C)C(=O)Nc2nc(-c3ccn(Cc4ccccc4F)n3)nc(Br)c21.CC1(C)C(=O)Nc2nc(-c3ccn(Cc4ccccc4F)n3)nc(N)c21.CC1(C)C(=O)Nc2nc(-c3ccn(Cc4ccccc4F)n3)nc(NCC3CC3)c21. The Morgan fingerprint density at radius 3 is 1.32 bits per heavy atom. The van der Waals surface area contributed by atoms with E-state index in [1.807, 2.05) is 27.7 Å². The van der Waals surface area contributed by atoms with Crippen LogP contribution in [0.4, 0.5) is 42.3 Å². The summed E-state index contributed by atoms with van der Waals surface area (Å²) in [6.45, 7) is 12.7. The van der Waals surface area contributed by atoms with Gasteiger partial charge in [0.25, 0.3) is 0 Å². The molecule has 1 aliphatic carbocycles. The molecule has 9 heterocycles. The lowest BCUT2D eigenvalue weighted by Gasteiger charge is -2.19. The van der Waals surface area contributed by atoms with E-state index in [1.165, 1.54) is 31.0 Å². The Morgan fingerprint density at radius 1 is 0.524 bits per heavy atom. The van der Waals surface area contributed by atoms with E-state index in [4.69, 9.17) is 10.7 Å². The van der Waals surface area contributed by atoms with Crippen molar-refractivity contribution in [3.05, 3.63) is 165 Å². The van der Waals surface area contributed by atoms with Gasteiger partial charge in [0, 0.05) is 47.4 Å². The highest BCUT2D eigenvalue weighted by Gasteiger charge is 2.45. The van der Waals surface area contributed by atoms with Gasteiger partial charge in [-0.2, -0.15) is 15.3 Å². The second-order valence-corrected chi connectivity index (χ2v) is 22.6. The van der Waals surface area contributed by atoms with Crippen LogP contribution >= 0.6 is 15.9 Å². The van der Waals surface area contributed by atoms with Crippen LogP contribution in [0, 0.1) is 23.4 Å². The average Bonchev–Trinajstić information content (AvgIpc) is 3.17. The van der Waals surface area contributed by atoms with Crippen molar-refractivity contribution in [2.45, 2.75) is 90.3 Å². The molecule has 0 saturated heterocycles. The van der Waals surface area contributed by atoms with Crippen LogP contribution in [0.25, 0.3) is 34.6 Å². The molecule has 1 saturated carbocycles. The van der Waals surface area contributed by atoms with Crippen molar-refractivity contribution in [1.82, 2.24) is 59.2 Å². The predicted octanol–water partition coefficient (Wildman–Crippen LogP) is 9.44. The minimum Gasteiger partial charge on any atom is -0.383 e. The van der Waals surface area contributed by atoms with E-state index in [1.54, 1.807) is 119 Å². The summed E-state index contributed by atoms with van der Waals surface area (Å²) in [5, 5.41) is 25.2. The highest BCUT2D eigenvalue weighted by molar-refractivity contribution is 9.10. The first-order valence-corrected chi connectivity index (χ1v) is 27.1. The molecular weight excluding hydrogens is 1120 g/mol. The van der Waals surface area contributed by atoms with Gasteiger partial charge in [-0.05, 0) is 113 Å². The van der Waals surface area contributed by atoms with Gasteiger partial charge >= 0.3 is 0 Å². The number of hydrogen-bond donors (Lipinski definition) is 5. The number of nitrogen functional groups attached to an aromatic ring is 1. The molecule has 6 N–H and O–H groups in total. The van der Waals surface area contributed by atoms with Crippen LogP contribution in [0.2, 0.25) is 0 Å². The van der Waals surface area contributed by atoms with E-state index in [9.17, 15) is 27.6 Å². The van der Waals surface area contributed by atoms with Gasteiger partial charge in [0.2, 0.25) is 17.7 Å². The highest BCUT2D eigenvalue weighted by atomic mass is 79.9. The van der Waals surface area contributed by atoms with Crippen LogP contribution in [0.1, 0.15) is 87.8 Å². The standard InChI is InChI=1S/C22H23FN6O.C18H15BrFN5O.C18H17FN6O/c1-22(2)17-19(24-11-13-7-8-13)25-18(26-20(17)27-21(22)30)16-9-10-29(28-16)12-14-5-3-4-6-15(14)23;1-18(2)13-14(19)21-15(22-16(13)23-17(18)26)12-7-8-25(24-12)9-10-5-3-4-6-11(10)20;1-18(2)13-14(20)21-15(22-16(13)23-17(18)26)12-7-8-25(24-12)9-10-5-3-4-6-11(10)19/h3-6,9-10,13H,7-8,11-12H2,1-2H3,(H2,24,25,26,27,30);3-8H,9H2,1-2H3,(H,21,22,23,26);3-8H,9H2,1-2H3,(H3,20,21,22,23,26). The van der Waals surface area contributed by atoms with E-state index in [2.05, 4.69) is 77.4 Å². The normalized spacial score (nSPS) is 15.7. The number of nitrogens with two attached hydrogens (primary N) is 1. The number of carbonyl (C=O) groups is 3. The van der Waals surface area contributed by atoms with Gasteiger partial charge in [0.15, 0.2) is 17.5 Å². The summed E-state index contributed by atoms with van der Waals surface area (Å²) in [5.41, 5.74) is 9.27. The molecule has 0 unspecified atom stereocenters. The van der Waals surface area contributed by atoms with E-state index >= 15 is 0 Å². The van der Waals surface area contributed by atoms with E-state index in [0.29, 0.717) is 104 Å². The molecule has 0 radical (unpaired) electrons. The summed E-state index contributed by atoms with van der Waals surface area (Å²) in [6, 6.07) is 25.0. The fourth-order valence-electron chi connectivity index (χ4n) is 9.68. The van der Waals surface area contributed by atoms with Crippen LogP contribution in [0.5, 0.6) is 0 Å². The zero-order valence-electron chi connectivity index (χ0n) is 45.4. The number of carbonyl (C=O) groups excluding carboxylic acids is 3. The zero-order chi connectivity index (χ0) is 57.8. The number of nitrogens with one attached hydrogen (secondary N) is 4. The third kappa shape index (κ3) is 10.8. The Bertz CT molecular complexity index is 3830. The van der Waals surface area contributed by atoms with E-state index in [-0.39, 0.29) is 47.5 Å². The van der Waals surface area contributed by atoms with Crippen LogP contribution in [-0.4, -0.2) is 83.5 Å². The number of rotatable bonds is 12. The van der Waals surface area contributed by atoms with E-state index < -0.39 is 16.2 Å². The molecule has 24 heteroatoms. The molecule has 82 heavy (non-hydrogen) atoms. The maximum absolute atomic E-state index is 14.0. The number of nitrogens with zero attached hydrogens (tertiary/aromatic N) is 12. The Balaban J connectivity index is 0.000000130. The minimum atomic E-state index is -0.776. The lowest BCUT2D eigenvalue weighted by Crippen LogP contribution is -2.28. The van der Waals surface area contributed by atoms with Crippen LogP contribution in [0.3, 0.4) is 0 Å². The molecule has 6 aromatic heterocycles. The second-order valence-electron chi connectivity index (χ2n) is 21.9. The first-order chi connectivity index (χ1) is 39.1. The average molecular weight is 1180 g/mol. The molecule has 0 bridgehead atoms. The lowest BCUT2D eigenvalue weighted by atomic mass is 9.87. The molecule has 1 fully saturated rings. The Morgan fingerprint density at radius 2 is 0.890 bits per heavy atom. The molecule has 4 aliphatic rings. The van der Waals surface area contributed by atoms with Crippen LogP contribution in [0.15, 0.2) is 114 Å². The third-order valence-electron chi connectivity index (χ3n) is 14.7. The van der Waals surface area contributed by atoms with Gasteiger partial charge in [0.05, 0.1) is 47.0 Å². The molecule has 3 amide bonds. The lowest BCUT2D eigenvalue weighted by molar-refractivity contribution is -0.120. The van der Waals surface area contributed by atoms with Crippen LogP contribution in [-0.2, 0) is 50.3 Å². The summed E-state index contributed by atoms with van der Waals surface area (Å²) < 4.78 is 47.0. The number of aromatic nitrogens is 12. The molecule has 418 valence electrons. The quantitative estimate of drug-likeness (QED) is 0.0715. The third-order valence-corrected chi connectivity index (χ3v) is 15.3. The maximum Gasteiger partial charge on any atom is 0.235 e. The Kier molecular flexibility index (Phi) is 14.3. The van der Waals surface area contributed by atoms with Crippen molar-refractivity contribution in [2.24, 2.45) is 5.92 Å². The number of benzene rings is 3. The van der Waals surface area contributed by atoms with Crippen molar-refractivity contribution in [2.75, 3.05) is 33.5 Å². The molecule has 9 aromatic rings. The number of fused-ring (bicyclic) bond motifs is 3. The highest BCUT2D eigenvalue weighted by Crippen LogP contribution is 2.44. The van der Waals surface area contributed by atoms with Gasteiger partial charge in [-0.3, -0.25) is 28.4 Å². The molecule has 3 aromatic carbocycles. The predicted molar refractivity (Wildman–Crippen MR) is 305 cm³/mol. The van der Waals surface area contributed by atoms with Crippen molar-refractivity contribution in [1.29, 1.82) is 0 Å². The molecule has 0 atom stereocenters. The molecule has 20 nitrogen and oxygen atoms in total. The number of halogens is 4. The van der Waals surface area contributed by atoms with Gasteiger partial charge in [0.1, 0.15) is 68.2 Å². The number of hydrogen-bond acceptors (Lipinski definition) is 14. The monoisotopic (exact) mass is 1170 g/mol. The fraction of sp³-hybridized carbons (Fsp3) is 0.276. The van der Waals surface area contributed by atoms with Crippen molar-refractivity contribution in [3.8, 4) is 34.6 Å². The van der Waals surface area contributed by atoms with Crippen molar-refractivity contribution >= 4 is 62.7 Å². The fourth-order valence-corrected chi connectivity index (χ4v) is 10.5. The maximum atomic E-state index is 14.0. The molecule has 0 spiro atoms. The minimum absolute atomic E-state index is 0.0940. The Hall–Kier alpha value is -9.19. The van der Waals surface area contributed by atoms with Crippen LogP contribution < -0.4 is 27.0 Å². The van der Waals surface area contributed by atoms with E-state index in [0.717, 1.165) is 17.7 Å². The first-order valence-electron chi connectivity index (χ1n) is 26.3. The Labute approximate surface area is 476 Å². The van der Waals surface area contributed by atoms with Gasteiger partial charge in [-0.1, -0.05) is 54.6 Å². The van der Waals surface area contributed by atoms with Crippen molar-refractivity contribution in [3.63, 3.8) is 0 Å². The second kappa shape index (κ2) is 21.4. The van der Waals surface area contributed by atoms with Gasteiger partial charge in [-0.15, -0.1) is 0 Å². The van der Waals surface area contributed by atoms with Gasteiger partial charge in [-0.25, -0.2) is 43.1 Å². The largest absolute Gasteiger partial charge is 0.383 e. The molecule has 13 rings (SSSR count). The summed E-state index contributed by atoms with van der Waals surface area (Å²) in [4.78, 5) is 63.6. The zero-order valence-corrected chi connectivity index (χ0v) is 47.0. The number of amides is 3. The topological polar surface area (TPSA) is 256 Å². The summed E-state index contributed by atoms with van der Waals surface area (Å²) >= 11 is 3.44. The smallest absolute Gasteiger partial charge is 0.235 e. The molecular formula is C58H55BrF3N17O3. The summed E-state index contributed by atoms with van der Waals surface area (Å²) in [7, 11) is 0. The summed E-state index contributed by atoms with van der Waals surface area (Å²) in [5.74, 6) is 2.92. The van der Waals surface area contributed by atoms with Gasteiger partial charge < -0.3 is 27.0 Å². The summed E-state index contributed by atoms with van der Waals surface area (Å²) in [6.07, 6.45) is 7.67.